The number of aromatic nitrogens is 2. The molecule has 1 aliphatic heterocycles. The highest BCUT2D eigenvalue weighted by Crippen LogP contribution is 2.35. The first-order valence-corrected chi connectivity index (χ1v) is 12.3. The number of pyridine rings is 1. The van der Waals surface area contributed by atoms with E-state index < -0.39 is 23.5 Å². The van der Waals surface area contributed by atoms with Crippen molar-refractivity contribution in [1.82, 2.24) is 14.9 Å². The van der Waals surface area contributed by atoms with E-state index in [1.807, 2.05) is 25.7 Å². The van der Waals surface area contributed by atoms with Crippen LogP contribution < -0.4 is 10.6 Å². The maximum atomic E-state index is 13.5. The van der Waals surface area contributed by atoms with Crippen LogP contribution in [0.5, 0.6) is 0 Å². The summed E-state index contributed by atoms with van der Waals surface area (Å²) in [5.41, 5.74) is -0.384. The first-order valence-electron chi connectivity index (χ1n) is 12.3. The summed E-state index contributed by atoms with van der Waals surface area (Å²) in [4.78, 5) is 35.1. The summed E-state index contributed by atoms with van der Waals surface area (Å²) in [5.74, 6) is -2.10. The van der Waals surface area contributed by atoms with E-state index in [0.717, 1.165) is 12.8 Å². The molecule has 0 aliphatic carbocycles. The molecule has 1 aliphatic rings. The van der Waals surface area contributed by atoms with Crippen LogP contribution in [-0.2, 0) is 11.0 Å². The van der Waals surface area contributed by atoms with E-state index in [-0.39, 0.29) is 28.9 Å². The smallest absolute Gasteiger partial charge is 0.431 e. The number of carbonyl (C=O) groups is 2. The van der Waals surface area contributed by atoms with Crippen molar-refractivity contribution in [3.63, 3.8) is 0 Å². The van der Waals surface area contributed by atoms with E-state index in [1.54, 1.807) is 30.3 Å². The highest BCUT2D eigenvalue weighted by Gasteiger charge is 2.42. The van der Waals surface area contributed by atoms with Gasteiger partial charge in [-0.15, -0.1) is 0 Å². The standard InChI is InChI=1S/C27H30F3N5O3/c1-26(2,3)15-21(36)35-13-11-18(12-14-35)32-20-10-9-19(16-31-20)33-24(37)22-23(27(28,29)30)38-25(34-22)17-7-5-4-6-8-17/h4-10,16,18H,11-15H2,1-3H3,(H,31,32)(H,33,37). The highest BCUT2D eigenvalue weighted by molar-refractivity contribution is 6.04. The number of nitrogens with one attached hydrogen (secondary N) is 2. The van der Waals surface area contributed by atoms with Crippen molar-refractivity contribution in [3.8, 4) is 11.5 Å². The minimum Gasteiger partial charge on any atom is -0.431 e. The monoisotopic (exact) mass is 529 g/mol. The first kappa shape index (κ1) is 27.2. The minimum atomic E-state index is -4.90. The molecule has 1 saturated heterocycles. The van der Waals surface area contributed by atoms with Crippen molar-refractivity contribution in [2.75, 3.05) is 23.7 Å². The van der Waals surface area contributed by atoms with Gasteiger partial charge in [0.15, 0.2) is 5.69 Å². The van der Waals surface area contributed by atoms with E-state index in [0.29, 0.717) is 30.9 Å². The first-order chi connectivity index (χ1) is 17.9. The summed E-state index contributed by atoms with van der Waals surface area (Å²) in [7, 11) is 0. The van der Waals surface area contributed by atoms with Gasteiger partial charge in [0.1, 0.15) is 5.82 Å². The van der Waals surface area contributed by atoms with Gasteiger partial charge in [0.05, 0.1) is 11.9 Å². The van der Waals surface area contributed by atoms with Crippen LogP contribution in [0.2, 0.25) is 0 Å². The van der Waals surface area contributed by atoms with Gasteiger partial charge in [-0.2, -0.15) is 13.2 Å². The fourth-order valence-corrected chi connectivity index (χ4v) is 4.16. The average Bonchev–Trinajstić information content (AvgIpc) is 3.32. The lowest BCUT2D eigenvalue weighted by Crippen LogP contribution is -2.43. The molecule has 4 rings (SSSR count). The third-order valence-electron chi connectivity index (χ3n) is 6.02. The van der Waals surface area contributed by atoms with Crippen LogP contribution in [0.15, 0.2) is 53.1 Å². The second-order valence-corrected chi connectivity index (χ2v) is 10.5. The summed E-state index contributed by atoms with van der Waals surface area (Å²) < 4.78 is 45.5. The molecule has 3 heterocycles. The number of nitrogens with zero attached hydrogens (tertiary/aromatic N) is 3. The Morgan fingerprint density at radius 2 is 1.74 bits per heavy atom. The molecule has 2 aromatic heterocycles. The number of benzene rings is 1. The Morgan fingerprint density at radius 3 is 2.32 bits per heavy atom. The minimum absolute atomic E-state index is 0.0561. The zero-order chi connectivity index (χ0) is 27.5. The normalized spacial score (nSPS) is 14.8. The lowest BCUT2D eigenvalue weighted by atomic mass is 9.91. The molecule has 0 bridgehead atoms. The summed E-state index contributed by atoms with van der Waals surface area (Å²) in [5, 5.41) is 5.72. The molecule has 0 spiro atoms. The molecular weight excluding hydrogens is 499 g/mol. The van der Waals surface area contributed by atoms with Gasteiger partial charge in [0.2, 0.25) is 17.6 Å². The number of amides is 2. The van der Waals surface area contributed by atoms with Crippen LogP contribution in [0, 0.1) is 5.41 Å². The molecule has 0 unspecified atom stereocenters. The molecule has 1 aromatic carbocycles. The third kappa shape index (κ3) is 6.90. The van der Waals surface area contributed by atoms with Crippen LogP contribution >= 0.6 is 0 Å². The molecule has 0 saturated carbocycles. The molecule has 2 N–H and O–H groups in total. The van der Waals surface area contributed by atoms with Crippen molar-refractivity contribution in [3.05, 3.63) is 60.1 Å². The second-order valence-electron chi connectivity index (χ2n) is 10.5. The van der Waals surface area contributed by atoms with Crippen molar-refractivity contribution in [1.29, 1.82) is 0 Å². The van der Waals surface area contributed by atoms with Crippen molar-refractivity contribution >= 4 is 23.3 Å². The number of rotatable bonds is 6. The van der Waals surface area contributed by atoms with Gasteiger partial charge in [-0.25, -0.2) is 9.97 Å². The lowest BCUT2D eigenvalue weighted by molar-refractivity contribution is -0.153. The van der Waals surface area contributed by atoms with E-state index in [4.69, 9.17) is 4.42 Å². The molecule has 0 radical (unpaired) electrons. The quantitative estimate of drug-likeness (QED) is 0.416. The molecule has 0 atom stereocenters. The zero-order valence-electron chi connectivity index (χ0n) is 21.4. The Balaban J connectivity index is 1.36. The Kier molecular flexibility index (Phi) is 7.75. The third-order valence-corrected chi connectivity index (χ3v) is 6.02. The predicted octanol–water partition coefficient (Wildman–Crippen LogP) is 5.85. The van der Waals surface area contributed by atoms with Crippen LogP contribution in [0.3, 0.4) is 0 Å². The number of hydrogen-bond donors (Lipinski definition) is 2. The number of oxazole rings is 1. The lowest BCUT2D eigenvalue weighted by Gasteiger charge is -2.34. The SMILES string of the molecule is CC(C)(C)CC(=O)N1CCC(Nc2ccc(NC(=O)c3nc(-c4ccccc4)oc3C(F)(F)F)cn2)CC1. The Morgan fingerprint density at radius 1 is 1.05 bits per heavy atom. The predicted molar refractivity (Wildman–Crippen MR) is 136 cm³/mol. The zero-order valence-corrected chi connectivity index (χ0v) is 21.4. The maximum absolute atomic E-state index is 13.5. The molecular formula is C27H30F3N5O3. The topological polar surface area (TPSA) is 100 Å². The van der Waals surface area contributed by atoms with E-state index in [9.17, 15) is 22.8 Å². The van der Waals surface area contributed by atoms with Gasteiger partial charge in [-0.1, -0.05) is 39.0 Å². The Bertz CT molecular complexity index is 1260. The highest BCUT2D eigenvalue weighted by atomic mass is 19.4. The summed E-state index contributed by atoms with van der Waals surface area (Å²) >= 11 is 0. The fraction of sp³-hybridized carbons (Fsp3) is 0.407. The van der Waals surface area contributed by atoms with Gasteiger partial charge in [0, 0.05) is 31.1 Å². The van der Waals surface area contributed by atoms with E-state index in [2.05, 4.69) is 20.6 Å². The number of carbonyl (C=O) groups excluding carboxylic acids is 2. The summed E-state index contributed by atoms with van der Waals surface area (Å²) in [6.07, 6.45) is -1.50. The number of alkyl halides is 3. The number of halogens is 3. The van der Waals surface area contributed by atoms with Gasteiger partial charge < -0.3 is 20.0 Å². The summed E-state index contributed by atoms with van der Waals surface area (Å²) in [6, 6.07) is 11.3. The molecule has 202 valence electrons. The van der Waals surface area contributed by atoms with Crippen molar-refractivity contribution in [2.24, 2.45) is 5.41 Å². The molecule has 1 fully saturated rings. The van der Waals surface area contributed by atoms with Gasteiger partial charge in [-0.3, -0.25) is 9.59 Å². The van der Waals surface area contributed by atoms with Crippen molar-refractivity contribution in [2.45, 2.75) is 52.3 Å². The van der Waals surface area contributed by atoms with Gasteiger partial charge in [0.25, 0.3) is 5.91 Å². The number of hydrogen-bond acceptors (Lipinski definition) is 6. The van der Waals surface area contributed by atoms with Crippen LogP contribution in [0.1, 0.15) is 56.3 Å². The van der Waals surface area contributed by atoms with Crippen molar-refractivity contribution < 1.29 is 27.2 Å². The largest absolute Gasteiger partial charge is 0.452 e. The fourth-order valence-electron chi connectivity index (χ4n) is 4.16. The maximum Gasteiger partial charge on any atom is 0.452 e. The Labute approximate surface area is 218 Å². The number of piperidine rings is 1. The van der Waals surface area contributed by atoms with E-state index in [1.165, 1.54) is 18.3 Å². The average molecular weight is 530 g/mol. The van der Waals surface area contributed by atoms with Crippen LogP contribution in [0.25, 0.3) is 11.5 Å². The van der Waals surface area contributed by atoms with Gasteiger partial charge in [-0.05, 0) is 42.5 Å². The summed E-state index contributed by atoms with van der Waals surface area (Å²) in [6.45, 7) is 7.44. The second kappa shape index (κ2) is 10.8. The van der Waals surface area contributed by atoms with Crippen LogP contribution in [0.4, 0.5) is 24.7 Å². The van der Waals surface area contributed by atoms with E-state index >= 15 is 0 Å². The van der Waals surface area contributed by atoms with Crippen LogP contribution in [-0.4, -0.2) is 45.8 Å². The van der Waals surface area contributed by atoms with Gasteiger partial charge >= 0.3 is 6.18 Å². The Hall–Kier alpha value is -3.89. The molecule has 2 amide bonds. The molecule has 3 aromatic rings. The number of likely N-dealkylation sites (tertiary alicyclic amines) is 1. The molecule has 11 heteroatoms. The molecule has 38 heavy (non-hydrogen) atoms. The number of anilines is 2. The molecule has 8 nitrogen and oxygen atoms in total.